The molecule has 2 nitrogen and oxygen atoms in total. The van der Waals surface area contributed by atoms with Crippen LogP contribution in [0.1, 0.15) is 22.6 Å². The van der Waals surface area contributed by atoms with Gasteiger partial charge in [0, 0.05) is 17.3 Å². The zero-order valence-corrected chi connectivity index (χ0v) is 13.9. The van der Waals surface area contributed by atoms with Gasteiger partial charge in [-0.25, -0.2) is 0 Å². The van der Waals surface area contributed by atoms with Gasteiger partial charge in [-0.15, -0.1) is 0 Å². The van der Waals surface area contributed by atoms with Crippen LogP contribution in [-0.2, 0) is 0 Å². The smallest absolute Gasteiger partial charge is 0.0340 e. The molecule has 0 bridgehead atoms. The second-order valence-electron chi connectivity index (χ2n) is 6.37. The molecule has 0 saturated carbocycles. The fraction of sp³-hybridized carbons (Fsp3) is 0.0435. The molecule has 0 aliphatic rings. The van der Waals surface area contributed by atoms with Crippen molar-refractivity contribution in [1.29, 1.82) is 0 Å². The van der Waals surface area contributed by atoms with Crippen LogP contribution in [0.5, 0.6) is 0 Å². The van der Waals surface area contributed by atoms with Crippen molar-refractivity contribution in [3.63, 3.8) is 0 Å². The Morgan fingerprint density at radius 2 is 0.960 bits per heavy atom. The second-order valence-corrected chi connectivity index (χ2v) is 6.37. The van der Waals surface area contributed by atoms with E-state index in [9.17, 15) is 0 Å². The molecule has 0 saturated heterocycles. The maximum Gasteiger partial charge on any atom is 0.0340 e. The van der Waals surface area contributed by atoms with Crippen molar-refractivity contribution < 1.29 is 0 Å². The number of rotatable bonds is 3. The SMILES string of the molecule is Nc1ccc(C(c2ccc(N)cc2)c2ccc3ccccc3c2)cc1. The van der Waals surface area contributed by atoms with Gasteiger partial charge < -0.3 is 11.5 Å². The van der Waals surface area contributed by atoms with Crippen molar-refractivity contribution >= 4 is 22.1 Å². The van der Waals surface area contributed by atoms with Gasteiger partial charge in [0.05, 0.1) is 0 Å². The van der Waals surface area contributed by atoms with Crippen molar-refractivity contribution in [2.75, 3.05) is 11.5 Å². The highest BCUT2D eigenvalue weighted by Gasteiger charge is 2.17. The van der Waals surface area contributed by atoms with Gasteiger partial charge in [0.15, 0.2) is 0 Å². The summed E-state index contributed by atoms with van der Waals surface area (Å²) in [7, 11) is 0. The molecule has 0 spiro atoms. The van der Waals surface area contributed by atoms with E-state index in [1.54, 1.807) is 0 Å². The average molecular weight is 324 g/mol. The van der Waals surface area contributed by atoms with Crippen LogP contribution in [0.4, 0.5) is 11.4 Å². The fourth-order valence-corrected chi connectivity index (χ4v) is 3.34. The number of nitrogen functional groups attached to an aromatic ring is 2. The number of nitrogens with two attached hydrogens (primary N) is 2. The van der Waals surface area contributed by atoms with Gasteiger partial charge in [0.1, 0.15) is 0 Å². The minimum atomic E-state index is 0.144. The number of hydrogen-bond acceptors (Lipinski definition) is 2. The summed E-state index contributed by atoms with van der Waals surface area (Å²) in [4.78, 5) is 0. The fourth-order valence-electron chi connectivity index (χ4n) is 3.34. The Kier molecular flexibility index (Phi) is 3.87. The van der Waals surface area contributed by atoms with Crippen molar-refractivity contribution in [2.45, 2.75) is 5.92 Å². The van der Waals surface area contributed by atoms with Gasteiger partial charge in [0.25, 0.3) is 0 Å². The van der Waals surface area contributed by atoms with E-state index in [2.05, 4.69) is 66.7 Å². The Balaban J connectivity index is 1.88. The highest BCUT2D eigenvalue weighted by Crippen LogP contribution is 2.34. The third kappa shape index (κ3) is 3.07. The van der Waals surface area contributed by atoms with Crippen LogP contribution in [-0.4, -0.2) is 0 Å². The van der Waals surface area contributed by atoms with Crippen molar-refractivity contribution in [2.24, 2.45) is 0 Å². The average Bonchev–Trinajstić information content (AvgIpc) is 2.65. The molecular weight excluding hydrogens is 304 g/mol. The lowest BCUT2D eigenvalue weighted by Crippen LogP contribution is -2.04. The van der Waals surface area contributed by atoms with Crippen molar-refractivity contribution in [3.8, 4) is 0 Å². The number of hydrogen-bond donors (Lipinski definition) is 2. The van der Waals surface area contributed by atoms with Crippen LogP contribution in [0.2, 0.25) is 0 Å². The molecule has 2 heteroatoms. The lowest BCUT2D eigenvalue weighted by atomic mass is 9.84. The molecule has 4 N–H and O–H groups in total. The summed E-state index contributed by atoms with van der Waals surface area (Å²) in [6.45, 7) is 0. The molecule has 4 aromatic rings. The van der Waals surface area contributed by atoms with E-state index in [0.29, 0.717) is 0 Å². The molecule has 25 heavy (non-hydrogen) atoms. The Bertz CT molecular complexity index is 957. The molecule has 0 atom stereocenters. The van der Waals surface area contributed by atoms with Crippen LogP contribution in [0.15, 0.2) is 91.0 Å². The molecule has 4 aromatic carbocycles. The lowest BCUT2D eigenvalue weighted by Gasteiger charge is -2.20. The van der Waals surface area contributed by atoms with Gasteiger partial charge in [-0.3, -0.25) is 0 Å². The third-order valence-corrected chi connectivity index (χ3v) is 4.65. The maximum atomic E-state index is 5.88. The molecular formula is C23H20N2. The first-order valence-electron chi connectivity index (χ1n) is 8.40. The normalized spacial score (nSPS) is 11.1. The van der Waals surface area contributed by atoms with Gasteiger partial charge >= 0.3 is 0 Å². The monoisotopic (exact) mass is 324 g/mol. The minimum absolute atomic E-state index is 0.144. The van der Waals surface area contributed by atoms with Crippen LogP contribution in [0.3, 0.4) is 0 Å². The van der Waals surface area contributed by atoms with E-state index in [-0.39, 0.29) is 5.92 Å². The molecule has 0 heterocycles. The molecule has 122 valence electrons. The first kappa shape index (κ1) is 15.3. The lowest BCUT2D eigenvalue weighted by molar-refractivity contribution is 0.981. The van der Waals surface area contributed by atoms with Gasteiger partial charge in [-0.1, -0.05) is 66.7 Å². The summed E-state index contributed by atoms with van der Waals surface area (Å²) in [6.07, 6.45) is 0. The van der Waals surface area contributed by atoms with E-state index in [1.165, 1.54) is 27.5 Å². The van der Waals surface area contributed by atoms with Crippen LogP contribution < -0.4 is 11.5 Å². The van der Waals surface area contributed by atoms with Gasteiger partial charge in [0.2, 0.25) is 0 Å². The summed E-state index contributed by atoms with van der Waals surface area (Å²) in [5.74, 6) is 0.144. The zero-order valence-electron chi connectivity index (χ0n) is 13.9. The maximum absolute atomic E-state index is 5.88. The van der Waals surface area contributed by atoms with Crippen LogP contribution >= 0.6 is 0 Å². The van der Waals surface area contributed by atoms with E-state index >= 15 is 0 Å². The molecule has 0 unspecified atom stereocenters. The summed E-state index contributed by atoms with van der Waals surface area (Å²) >= 11 is 0. The molecule has 0 aliphatic carbocycles. The summed E-state index contributed by atoms with van der Waals surface area (Å²) in [6, 6.07) is 31.4. The Morgan fingerprint density at radius 3 is 1.52 bits per heavy atom. The standard InChI is InChI=1S/C23H20N2/c24-21-11-7-17(8-12-21)23(18-9-13-22(25)14-10-18)20-6-5-16-3-1-2-4-19(16)15-20/h1-15,23H,24-25H2. The van der Waals surface area contributed by atoms with Gasteiger partial charge in [-0.05, 0) is 51.7 Å². The zero-order chi connectivity index (χ0) is 17.2. The summed E-state index contributed by atoms with van der Waals surface area (Å²) < 4.78 is 0. The van der Waals surface area contributed by atoms with Gasteiger partial charge in [-0.2, -0.15) is 0 Å². The highest BCUT2D eigenvalue weighted by atomic mass is 14.5. The second kappa shape index (κ2) is 6.33. The quantitative estimate of drug-likeness (QED) is 0.403. The molecule has 0 aromatic heterocycles. The van der Waals surface area contributed by atoms with Crippen LogP contribution in [0.25, 0.3) is 10.8 Å². The number of fused-ring (bicyclic) bond motifs is 1. The van der Waals surface area contributed by atoms with E-state index in [4.69, 9.17) is 11.5 Å². The molecule has 0 fully saturated rings. The first-order chi connectivity index (χ1) is 12.2. The van der Waals surface area contributed by atoms with Crippen molar-refractivity contribution in [3.05, 3.63) is 108 Å². The molecule has 4 rings (SSSR count). The van der Waals surface area contributed by atoms with Crippen LogP contribution in [0, 0.1) is 0 Å². The van der Waals surface area contributed by atoms with E-state index in [1.807, 2.05) is 24.3 Å². The minimum Gasteiger partial charge on any atom is -0.399 e. The molecule has 0 amide bonds. The highest BCUT2D eigenvalue weighted by molar-refractivity contribution is 5.83. The Hall–Kier alpha value is -3.26. The first-order valence-corrected chi connectivity index (χ1v) is 8.40. The number of anilines is 2. The Labute approximate surface area is 147 Å². The predicted octanol–water partition coefficient (Wildman–Crippen LogP) is 5.18. The molecule has 0 aliphatic heterocycles. The topological polar surface area (TPSA) is 52.0 Å². The van der Waals surface area contributed by atoms with E-state index in [0.717, 1.165) is 11.4 Å². The van der Waals surface area contributed by atoms with E-state index < -0.39 is 0 Å². The van der Waals surface area contributed by atoms with Crippen molar-refractivity contribution in [1.82, 2.24) is 0 Å². The summed E-state index contributed by atoms with van der Waals surface area (Å²) in [5.41, 5.74) is 17.0. The number of benzene rings is 4. The summed E-state index contributed by atoms with van der Waals surface area (Å²) in [5, 5.41) is 2.50. The molecule has 0 radical (unpaired) electrons. The third-order valence-electron chi connectivity index (χ3n) is 4.65. The Morgan fingerprint density at radius 1 is 0.480 bits per heavy atom. The largest absolute Gasteiger partial charge is 0.399 e. The predicted molar refractivity (Wildman–Crippen MR) is 107 cm³/mol.